The topological polar surface area (TPSA) is 79.7 Å². The fourth-order valence-corrected chi connectivity index (χ4v) is 4.15. The van der Waals surface area contributed by atoms with Gasteiger partial charge in [0.05, 0.1) is 18.2 Å². The number of aliphatic hydroxyl groups is 1. The number of carbonyl (C=O) groups is 2. The van der Waals surface area contributed by atoms with Crippen LogP contribution in [0, 0.1) is 18.7 Å². The lowest BCUT2D eigenvalue weighted by Crippen LogP contribution is -2.29. The van der Waals surface area contributed by atoms with Gasteiger partial charge in [0.2, 0.25) is 0 Å². The van der Waals surface area contributed by atoms with Gasteiger partial charge in [0.25, 0.3) is 11.7 Å². The molecular formula is C28H27FN2O4. The second-order valence-corrected chi connectivity index (χ2v) is 8.99. The molecule has 4 rings (SSSR count). The van der Waals surface area contributed by atoms with Crippen molar-refractivity contribution in [3.63, 3.8) is 0 Å². The highest BCUT2D eigenvalue weighted by molar-refractivity contribution is 6.46. The number of likely N-dealkylation sites (tertiary alicyclic amines) is 1. The molecule has 1 aromatic heterocycles. The normalized spacial score (nSPS) is 17.3. The summed E-state index contributed by atoms with van der Waals surface area (Å²) in [6, 6.07) is 13.5. The number of pyridine rings is 1. The van der Waals surface area contributed by atoms with E-state index in [2.05, 4.69) is 4.98 Å². The van der Waals surface area contributed by atoms with Gasteiger partial charge < -0.3 is 14.7 Å². The highest BCUT2D eigenvalue weighted by atomic mass is 19.1. The van der Waals surface area contributed by atoms with Gasteiger partial charge in [-0.2, -0.15) is 0 Å². The van der Waals surface area contributed by atoms with Gasteiger partial charge in [0, 0.05) is 30.1 Å². The fourth-order valence-electron chi connectivity index (χ4n) is 4.15. The minimum absolute atomic E-state index is 0.0369. The van der Waals surface area contributed by atoms with Crippen molar-refractivity contribution < 1.29 is 23.8 Å². The number of carbonyl (C=O) groups excluding carboxylic acids is 2. The van der Waals surface area contributed by atoms with Crippen LogP contribution >= 0.6 is 0 Å². The van der Waals surface area contributed by atoms with E-state index in [1.54, 1.807) is 55.7 Å². The van der Waals surface area contributed by atoms with E-state index in [1.807, 2.05) is 13.8 Å². The molecule has 0 bridgehead atoms. The van der Waals surface area contributed by atoms with Crippen LogP contribution in [-0.2, 0) is 16.1 Å². The summed E-state index contributed by atoms with van der Waals surface area (Å²) in [4.78, 5) is 31.6. The van der Waals surface area contributed by atoms with Crippen LogP contribution in [0.3, 0.4) is 0 Å². The molecule has 180 valence electrons. The van der Waals surface area contributed by atoms with Crippen LogP contribution < -0.4 is 4.74 Å². The number of aliphatic hydroxyl groups excluding tert-OH is 1. The van der Waals surface area contributed by atoms with Crippen molar-refractivity contribution in [2.75, 3.05) is 6.61 Å². The van der Waals surface area contributed by atoms with Crippen LogP contribution in [0.25, 0.3) is 5.76 Å². The van der Waals surface area contributed by atoms with E-state index >= 15 is 0 Å². The minimum atomic E-state index is -1.09. The van der Waals surface area contributed by atoms with E-state index in [4.69, 9.17) is 4.74 Å². The van der Waals surface area contributed by atoms with Gasteiger partial charge in [-0.15, -0.1) is 0 Å². The first kappa shape index (κ1) is 24.1. The molecule has 3 aromatic rings. The predicted octanol–water partition coefficient (Wildman–Crippen LogP) is 5.19. The second kappa shape index (κ2) is 10.1. The van der Waals surface area contributed by atoms with E-state index in [0.717, 1.165) is 0 Å². The Hall–Kier alpha value is -4.00. The number of hydrogen-bond donors (Lipinski definition) is 1. The Labute approximate surface area is 203 Å². The molecule has 0 unspecified atom stereocenters. The first-order chi connectivity index (χ1) is 16.8. The van der Waals surface area contributed by atoms with Crippen molar-refractivity contribution in [3.8, 4) is 5.75 Å². The lowest BCUT2D eigenvalue weighted by Gasteiger charge is -2.25. The van der Waals surface area contributed by atoms with Crippen LogP contribution in [0.5, 0.6) is 5.75 Å². The number of amides is 1. The quantitative estimate of drug-likeness (QED) is 0.290. The number of Topliss-reactive ketones (excluding diaryl/α,β-unsaturated/α-hetero) is 1. The second-order valence-electron chi connectivity index (χ2n) is 8.99. The molecule has 35 heavy (non-hydrogen) atoms. The predicted molar refractivity (Wildman–Crippen MR) is 130 cm³/mol. The maximum Gasteiger partial charge on any atom is 0.295 e. The number of nitrogens with zero attached hydrogens (tertiary/aromatic N) is 2. The van der Waals surface area contributed by atoms with Crippen molar-refractivity contribution in [3.05, 3.63) is 101 Å². The molecule has 6 nitrogen and oxygen atoms in total. The molecule has 2 heterocycles. The standard InChI is InChI=1S/C28H27FN2O4/c1-17(2)16-35-20-10-11-21(18(3)13-20)26(32)24-25(22-8-4-5-9-23(22)29)31(28(34)27(24)33)15-19-7-6-12-30-14-19/h4-14,17,25,32H,15-16H2,1-3H3/t25-/m1/s1. The first-order valence-corrected chi connectivity index (χ1v) is 11.4. The third-order valence-electron chi connectivity index (χ3n) is 5.85. The summed E-state index contributed by atoms with van der Waals surface area (Å²) in [5, 5.41) is 11.3. The lowest BCUT2D eigenvalue weighted by atomic mass is 9.93. The Bertz CT molecular complexity index is 1290. The van der Waals surface area contributed by atoms with E-state index < -0.39 is 23.5 Å². The Balaban J connectivity index is 1.81. The summed E-state index contributed by atoms with van der Waals surface area (Å²) >= 11 is 0. The van der Waals surface area contributed by atoms with Crippen LogP contribution in [0.4, 0.5) is 4.39 Å². The molecule has 1 aliphatic heterocycles. The van der Waals surface area contributed by atoms with Gasteiger partial charge in [0.1, 0.15) is 17.3 Å². The van der Waals surface area contributed by atoms with Gasteiger partial charge in [-0.05, 0) is 54.3 Å². The average molecular weight is 475 g/mol. The van der Waals surface area contributed by atoms with Crippen molar-refractivity contribution in [1.29, 1.82) is 0 Å². The molecule has 1 saturated heterocycles. The zero-order valence-corrected chi connectivity index (χ0v) is 19.9. The summed E-state index contributed by atoms with van der Waals surface area (Å²) in [5.74, 6) is -1.61. The molecule has 1 aliphatic rings. The molecular weight excluding hydrogens is 447 g/mol. The summed E-state index contributed by atoms with van der Waals surface area (Å²) in [6.07, 6.45) is 3.18. The monoisotopic (exact) mass is 474 g/mol. The third-order valence-corrected chi connectivity index (χ3v) is 5.85. The lowest BCUT2D eigenvalue weighted by molar-refractivity contribution is -0.140. The number of rotatable bonds is 7. The Morgan fingerprint density at radius 1 is 1.14 bits per heavy atom. The minimum Gasteiger partial charge on any atom is -0.507 e. The SMILES string of the molecule is Cc1cc(OCC(C)C)ccc1C(O)=C1C(=O)C(=O)N(Cc2cccnc2)[C@@H]1c1ccccc1F. The maximum absolute atomic E-state index is 14.9. The van der Waals surface area contributed by atoms with Gasteiger partial charge in [-0.3, -0.25) is 14.6 Å². The van der Waals surface area contributed by atoms with Crippen molar-refractivity contribution >= 4 is 17.4 Å². The number of ketones is 1. The summed E-state index contributed by atoms with van der Waals surface area (Å²) in [6.45, 7) is 6.44. The van der Waals surface area contributed by atoms with E-state index in [1.165, 1.54) is 23.1 Å². The summed E-state index contributed by atoms with van der Waals surface area (Å²) in [7, 11) is 0. The van der Waals surface area contributed by atoms with Gasteiger partial charge >= 0.3 is 0 Å². The number of ether oxygens (including phenoxy) is 1. The molecule has 0 radical (unpaired) electrons. The third kappa shape index (κ3) is 4.94. The maximum atomic E-state index is 14.9. The number of benzene rings is 2. The van der Waals surface area contributed by atoms with Gasteiger partial charge in [-0.25, -0.2) is 4.39 Å². The van der Waals surface area contributed by atoms with Crippen molar-refractivity contribution in [2.45, 2.75) is 33.4 Å². The van der Waals surface area contributed by atoms with E-state index in [0.29, 0.717) is 35.0 Å². The molecule has 1 amide bonds. The van der Waals surface area contributed by atoms with Crippen molar-refractivity contribution in [1.82, 2.24) is 9.88 Å². The van der Waals surface area contributed by atoms with Crippen LogP contribution in [0.15, 0.2) is 72.6 Å². The van der Waals surface area contributed by atoms with Crippen LogP contribution in [-0.4, -0.2) is 33.3 Å². The molecule has 1 fully saturated rings. The number of aromatic nitrogens is 1. The first-order valence-electron chi connectivity index (χ1n) is 11.4. The zero-order valence-electron chi connectivity index (χ0n) is 19.9. The number of aryl methyl sites for hydroxylation is 1. The summed E-state index contributed by atoms with van der Waals surface area (Å²) in [5.41, 5.74) is 1.70. The van der Waals surface area contributed by atoms with E-state index in [9.17, 15) is 19.1 Å². The van der Waals surface area contributed by atoms with Crippen LogP contribution in [0.1, 0.15) is 42.1 Å². The van der Waals surface area contributed by atoms with Crippen molar-refractivity contribution in [2.24, 2.45) is 5.92 Å². The molecule has 0 spiro atoms. The Morgan fingerprint density at radius 2 is 1.91 bits per heavy atom. The largest absolute Gasteiger partial charge is 0.507 e. The fraction of sp³-hybridized carbons (Fsp3) is 0.250. The average Bonchev–Trinajstić information content (AvgIpc) is 3.08. The number of halogens is 1. The molecule has 0 aliphatic carbocycles. The Kier molecular flexibility index (Phi) is 6.96. The van der Waals surface area contributed by atoms with E-state index in [-0.39, 0.29) is 23.4 Å². The highest BCUT2D eigenvalue weighted by Gasteiger charge is 2.47. The molecule has 2 aromatic carbocycles. The zero-order chi connectivity index (χ0) is 25.1. The highest BCUT2D eigenvalue weighted by Crippen LogP contribution is 2.41. The molecule has 1 N–H and O–H groups in total. The summed E-state index contributed by atoms with van der Waals surface area (Å²) < 4.78 is 20.7. The molecule has 1 atom stereocenters. The van der Waals surface area contributed by atoms with Gasteiger partial charge in [-0.1, -0.05) is 38.1 Å². The smallest absolute Gasteiger partial charge is 0.295 e. The number of hydrogen-bond acceptors (Lipinski definition) is 5. The Morgan fingerprint density at radius 3 is 2.57 bits per heavy atom. The van der Waals surface area contributed by atoms with Crippen LogP contribution in [0.2, 0.25) is 0 Å². The molecule has 0 saturated carbocycles. The molecule has 7 heteroatoms. The van der Waals surface area contributed by atoms with Gasteiger partial charge in [0.15, 0.2) is 0 Å².